The third-order valence-electron chi connectivity index (χ3n) is 3.63. The maximum Gasteiger partial charge on any atom is 0.137 e. The molecule has 2 atom stereocenters. The smallest absolute Gasteiger partial charge is 0.137 e. The van der Waals surface area contributed by atoms with Crippen LogP contribution in [0.3, 0.4) is 0 Å². The molecule has 0 radical (unpaired) electrons. The summed E-state index contributed by atoms with van der Waals surface area (Å²) >= 11 is 5.32. The average Bonchev–Trinajstić information content (AvgIpc) is 2.92. The third-order valence-corrected chi connectivity index (χ3v) is 5.43. The standard InChI is InChI=1S/C15H21BrFNS/c1-2-6-18-15(12-5-7-19-10-12)9-11-3-4-14(17)13(16)8-11/h3-4,8,12,15,18H,2,5-7,9-10H2,1H3. The molecule has 1 aliphatic heterocycles. The molecule has 1 nitrogen and oxygen atoms in total. The fraction of sp³-hybridized carbons (Fsp3) is 0.600. The lowest BCUT2D eigenvalue weighted by Crippen LogP contribution is -2.38. The van der Waals surface area contributed by atoms with Crippen molar-refractivity contribution in [2.75, 3.05) is 18.1 Å². The van der Waals surface area contributed by atoms with E-state index in [9.17, 15) is 4.39 Å². The molecule has 1 fully saturated rings. The second-order valence-electron chi connectivity index (χ2n) is 5.14. The molecule has 0 spiro atoms. The largest absolute Gasteiger partial charge is 0.313 e. The summed E-state index contributed by atoms with van der Waals surface area (Å²) in [4.78, 5) is 0. The minimum absolute atomic E-state index is 0.182. The van der Waals surface area contributed by atoms with Gasteiger partial charge in [0.05, 0.1) is 4.47 Å². The zero-order chi connectivity index (χ0) is 13.7. The number of benzene rings is 1. The molecule has 106 valence electrons. The minimum atomic E-state index is -0.182. The van der Waals surface area contributed by atoms with Crippen LogP contribution in [-0.4, -0.2) is 24.1 Å². The maximum absolute atomic E-state index is 13.3. The molecule has 0 amide bonds. The first-order valence-corrected chi connectivity index (χ1v) is 8.90. The summed E-state index contributed by atoms with van der Waals surface area (Å²) < 4.78 is 13.8. The Morgan fingerprint density at radius 2 is 2.37 bits per heavy atom. The van der Waals surface area contributed by atoms with Gasteiger partial charge in [-0.25, -0.2) is 4.39 Å². The van der Waals surface area contributed by atoms with E-state index in [1.807, 2.05) is 12.1 Å². The van der Waals surface area contributed by atoms with Gasteiger partial charge >= 0.3 is 0 Å². The van der Waals surface area contributed by atoms with Crippen molar-refractivity contribution in [3.05, 3.63) is 34.1 Å². The Hall–Kier alpha value is -0.0600. The topological polar surface area (TPSA) is 12.0 Å². The lowest BCUT2D eigenvalue weighted by Gasteiger charge is -2.24. The number of hydrogen-bond donors (Lipinski definition) is 1. The van der Waals surface area contributed by atoms with E-state index in [0.29, 0.717) is 10.5 Å². The van der Waals surface area contributed by atoms with Crippen LogP contribution in [0.1, 0.15) is 25.3 Å². The number of hydrogen-bond acceptors (Lipinski definition) is 2. The van der Waals surface area contributed by atoms with E-state index >= 15 is 0 Å². The molecule has 2 unspecified atom stereocenters. The van der Waals surface area contributed by atoms with Crippen molar-refractivity contribution >= 4 is 27.7 Å². The Morgan fingerprint density at radius 3 is 3.00 bits per heavy atom. The molecule has 4 heteroatoms. The Morgan fingerprint density at radius 1 is 1.53 bits per heavy atom. The predicted molar refractivity (Wildman–Crippen MR) is 85.3 cm³/mol. The molecular formula is C15H21BrFNS. The summed E-state index contributed by atoms with van der Waals surface area (Å²) in [6.07, 6.45) is 3.45. The Kier molecular flexibility index (Phi) is 6.17. The fourth-order valence-electron chi connectivity index (χ4n) is 2.53. The number of nitrogens with one attached hydrogen (secondary N) is 1. The molecule has 1 saturated heterocycles. The summed E-state index contributed by atoms with van der Waals surface area (Å²) in [5, 5.41) is 3.67. The summed E-state index contributed by atoms with van der Waals surface area (Å²) in [6.45, 7) is 3.26. The van der Waals surface area contributed by atoms with Crippen LogP contribution >= 0.6 is 27.7 Å². The monoisotopic (exact) mass is 345 g/mol. The summed E-state index contributed by atoms with van der Waals surface area (Å²) in [5.74, 6) is 3.10. The van der Waals surface area contributed by atoms with Crippen molar-refractivity contribution in [1.29, 1.82) is 0 Å². The fourth-order valence-corrected chi connectivity index (χ4v) is 4.29. The van der Waals surface area contributed by atoms with Crippen molar-refractivity contribution in [2.24, 2.45) is 5.92 Å². The van der Waals surface area contributed by atoms with Gasteiger partial charge in [0.15, 0.2) is 0 Å². The molecule has 1 N–H and O–H groups in total. The van der Waals surface area contributed by atoms with Gasteiger partial charge in [0.1, 0.15) is 5.82 Å². The average molecular weight is 346 g/mol. The molecule has 0 aromatic heterocycles. The molecule has 0 bridgehead atoms. The van der Waals surface area contributed by atoms with E-state index in [1.54, 1.807) is 6.07 Å². The lowest BCUT2D eigenvalue weighted by molar-refractivity contribution is 0.380. The Labute approximate surface area is 127 Å². The molecule has 19 heavy (non-hydrogen) atoms. The first-order chi connectivity index (χ1) is 9.20. The molecule has 0 aliphatic carbocycles. The quantitative estimate of drug-likeness (QED) is 0.826. The highest BCUT2D eigenvalue weighted by Gasteiger charge is 2.25. The zero-order valence-corrected chi connectivity index (χ0v) is 13.7. The van der Waals surface area contributed by atoms with Gasteiger partial charge in [-0.15, -0.1) is 0 Å². The van der Waals surface area contributed by atoms with Crippen LogP contribution in [0.4, 0.5) is 4.39 Å². The zero-order valence-electron chi connectivity index (χ0n) is 11.3. The number of thioether (sulfide) groups is 1. The van der Waals surface area contributed by atoms with Crippen LogP contribution in [-0.2, 0) is 6.42 Å². The Balaban J connectivity index is 2.03. The third kappa shape index (κ3) is 4.47. The van der Waals surface area contributed by atoms with Gasteiger partial charge in [0.2, 0.25) is 0 Å². The van der Waals surface area contributed by atoms with E-state index in [-0.39, 0.29) is 5.82 Å². The van der Waals surface area contributed by atoms with Crippen LogP contribution in [0.2, 0.25) is 0 Å². The van der Waals surface area contributed by atoms with E-state index in [2.05, 4.69) is 39.9 Å². The van der Waals surface area contributed by atoms with Crippen molar-refractivity contribution in [2.45, 2.75) is 32.2 Å². The van der Waals surface area contributed by atoms with E-state index < -0.39 is 0 Å². The van der Waals surface area contributed by atoms with E-state index in [0.717, 1.165) is 25.3 Å². The number of rotatable bonds is 6. The van der Waals surface area contributed by atoms with Gasteiger partial charge < -0.3 is 5.32 Å². The maximum atomic E-state index is 13.3. The van der Waals surface area contributed by atoms with Crippen molar-refractivity contribution in [3.63, 3.8) is 0 Å². The van der Waals surface area contributed by atoms with Crippen LogP contribution in [0.15, 0.2) is 22.7 Å². The summed E-state index contributed by atoms with van der Waals surface area (Å²) in [7, 11) is 0. The second kappa shape index (κ2) is 7.65. The highest BCUT2D eigenvalue weighted by atomic mass is 79.9. The normalized spacial score (nSPS) is 20.7. The van der Waals surface area contributed by atoms with Crippen LogP contribution in [0, 0.1) is 11.7 Å². The second-order valence-corrected chi connectivity index (χ2v) is 7.14. The molecular weight excluding hydrogens is 325 g/mol. The van der Waals surface area contributed by atoms with Crippen molar-refractivity contribution in [3.8, 4) is 0 Å². The SMILES string of the molecule is CCCNC(Cc1ccc(F)c(Br)c1)C1CCSC1. The van der Waals surface area contributed by atoms with Gasteiger partial charge in [0, 0.05) is 6.04 Å². The number of halogens is 2. The Bertz CT molecular complexity index is 407. The van der Waals surface area contributed by atoms with Gasteiger partial charge in [-0.3, -0.25) is 0 Å². The van der Waals surface area contributed by atoms with Gasteiger partial charge in [-0.05, 0) is 76.9 Å². The van der Waals surface area contributed by atoms with Crippen LogP contribution in [0.5, 0.6) is 0 Å². The highest BCUT2D eigenvalue weighted by Crippen LogP contribution is 2.28. The molecule has 1 aromatic rings. The van der Waals surface area contributed by atoms with Crippen molar-refractivity contribution < 1.29 is 4.39 Å². The lowest BCUT2D eigenvalue weighted by atomic mass is 9.93. The van der Waals surface area contributed by atoms with E-state index in [4.69, 9.17) is 0 Å². The molecule has 1 aromatic carbocycles. The highest BCUT2D eigenvalue weighted by molar-refractivity contribution is 9.10. The predicted octanol–water partition coefficient (Wildman–Crippen LogP) is 4.25. The summed E-state index contributed by atoms with van der Waals surface area (Å²) in [6, 6.07) is 5.90. The van der Waals surface area contributed by atoms with Gasteiger partial charge in [0.25, 0.3) is 0 Å². The van der Waals surface area contributed by atoms with Crippen LogP contribution in [0.25, 0.3) is 0 Å². The first-order valence-electron chi connectivity index (χ1n) is 6.95. The van der Waals surface area contributed by atoms with Crippen molar-refractivity contribution in [1.82, 2.24) is 5.32 Å². The molecule has 1 heterocycles. The molecule has 1 aliphatic rings. The first kappa shape index (κ1) is 15.3. The molecule has 2 rings (SSSR count). The minimum Gasteiger partial charge on any atom is -0.313 e. The van der Waals surface area contributed by atoms with Gasteiger partial charge in [-0.2, -0.15) is 11.8 Å². The van der Waals surface area contributed by atoms with Crippen LogP contribution < -0.4 is 5.32 Å². The van der Waals surface area contributed by atoms with Gasteiger partial charge in [-0.1, -0.05) is 13.0 Å². The summed E-state index contributed by atoms with van der Waals surface area (Å²) in [5.41, 5.74) is 1.21. The van der Waals surface area contributed by atoms with E-state index in [1.165, 1.54) is 23.5 Å². The molecule has 0 saturated carbocycles.